The average Bonchev–Trinajstić information content (AvgIpc) is 3.05. The molecule has 2 N–H and O–H groups in total. The number of carbonyl (C=O) groups is 1. The molecule has 2 atom stereocenters. The van der Waals surface area contributed by atoms with Gasteiger partial charge in [-0.1, -0.05) is 36.8 Å². The summed E-state index contributed by atoms with van der Waals surface area (Å²) >= 11 is 0. The van der Waals surface area contributed by atoms with Crippen LogP contribution < -0.4 is 5.32 Å². The highest BCUT2D eigenvalue weighted by Crippen LogP contribution is 2.46. The summed E-state index contributed by atoms with van der Waals surface area (Å²) in [6.45, 7) is 4.11. The second-order valence-corrected chi connectivity index (χ2v) is 7.71. The van der Waals surface area contributed by atoms with Crippen molar-refractivity contribution in [3.8, 4) is 0 Å². The van der Waals surface area contributed by atoms with E-state index in [0.29, 0.717) is 5.92 Å². The lowest BCUT2D eigenvalue weighted by Gasteiger charge is -2.39. The van der Waals surface area contributed by atoms with Crippen molar-refractivity contribution in [2.24, 2.45) is 5.92 Å². The van der Waals surface area contributed by atoms with Crippen molar-refractivity contribution in [2.75, 3.05) is 20.2 Å². The molecule has 0 saturated heterocycles. The van der Waals surface area contributed by atoms with Gasteiger partial charge in [0.1, 0.15) is 5.41 Å². The van der Waals surface area contributed by atoms with Gasteiger partial charge in [0.25, 0.3) is 0 Å². The van der Waals surface area contributed by atoms with Crippen molar-refractivity contribution in [1.82, 2.24) is 10.3 Å². The summed E-state index contributed by atoms with van der Waals surface area (Å²) in [4.78, 5) is 16.8. The number of nitrogens with one attached hydrogen (secondary N) is 2. The van der Waals surface area contributed by atoms with Crippen LogP contribution in [-0.4, -0.2) is 31.2 Å². The lowest BCUT2D eigenvalue weighted by molar-refractivity contribution is -0.148. The first-order valence-electron chi connectivity index (χ1n) is 9.76. The highest BCUT2D eigenvalue weighted by molar-refractivity contribution is 5.91. The Labute approximate surface area is 155 Å². The summed E-state index contributed by atoms with van der Waals surface area (Å²) < 4.78 is 5.38. The molecule has 2 aromatic rings. The molecule has 0 radical (unpaired) electrons. The average molecular weight is 352 g/mol. The molecule has 0 saturated carbocycles. The van der Waals surface area contributed by atoms with Crippen molar-refractivity contribution < 1.29 is 9.53 Å². The summed E-state index contributed by atoms with van der Waals surface area (Å²) in [6.07, 6.45) is 6.97. The smallest absolute Gasteiger partial charge is 0.318 e. The minimum Gasteiger partial charge on any atom is -0.468 e. The van der Waals surface area contributed by atoms with E-state index in [1.807, 2.05) is 0 Å². The Balaban J connectivity index is 1.96. The van der Waals surface area contributed by atoms with Gasteiger partial charge in [-0.15, -0.1) is 0 Å². The van der Waals surface area contributed by atoms with Crippen LogP contribution in [0.4, 0.5) is 0 Å². The van der Waals surface area contributed by atoms with Crippen LogP contribution >= 0.6 is 0 Å². The second-order valence-electron chi connectivity index (χ2n) is 7.71. The first-order chi connectivity index (χ1) is 12.7. The molecule has 1 aromatic heterocycles. The lowest BCUT2D eigenvalue weighted by atomic mass is 9.66. The van der Waals surface area contributed by atoms with Gasteiger partial charge in [-0.25, -0.2) is 0 Å². The molecular weight excluding hydrogens is 324 g/mol. The molecule has 4 rings (SSSR count). The fourth-order valence-electron chi connectivity index (χ4n) is 4.92. The van der Waals surface area contributed by atoms with E-state index in [1.165, 1.54) is 23.6 Å². The molecule has 0 fully saturated rings. The zero-order chi connectivity index (χ0) is 18.1. The monoisotopic (exact) mass is 352 g/mol. The zero-order valence-electron chi connectivity index (χ0n) is 15.7. The number of para-hydroxylation sites is 1. The van der Waals surface area contributed by atoms with Crippen molar-refractivity contribution in [3.05, 3.63) is 47.2 Å². The number of fused-ring (bicyclic) bond motifs is 6. The zero-order valence-corrected chi connectivity index (χ0v) is 15.7. The molecule has 2 bridgehead atoms. The highest BCUT2D eigenvalue weighted by atomic mass is 16.5. The molecule has 4 nitrogen and oxygen atoms in total. The van der Waals surface area contributed by atoms with Gasteiger partial charge in [-0.2, -0.15) is 0 Å². The van der Waals surface area contributed by atoms with Crippen molar-refractivity contribution in [1.29, 1.82) is 0 Å². The molecule has 2 heterocycles. The van der Waals surface area contributed by atoms with Gasteiger partial charge in [0, 0.05) is 16.6 Å². The van der Waals surface area contributed by atoms with Crippen LogP contribution in [0, 0.1) is 5.92 Å². The quantitative estimate of drug-likeness (QED) is 0.637. The number of aromatic amines is 1. The van der Waals surface area contributed by atoms with E-state index in [2.05, 4.69) is 47.6 Å². The minimum atomic E-state index is -0.592. The van der Waals surface area contributed by atoms with Crippen molar-refractivity contribution in [3.63, 3.8) is 0 Å². The normalized spacial score (nSPS) is 26.1. The number of rotatable bonds is 2. The number of hydrogen-bond donors (Lipinski definition) is 2. The number of ether oxygens (including phenoxy) is 1. The summed E-state index contributed by atoms with van der Waals surface area (Å²) in [6, 6.07) is 8.40. The number of carbonyl (C=O) groups excluding carboxylic acids is 1. The predicted molar refractivity (Wildman–Crippen MR) is 104 cm³/mol. The van der Waals surface area contributed by atoms with Crippen LogP contribution in [0.1, 0.15) is 43.9 Å². The van der Waals surface area contributed by atoms with Gasteiger partial charge in [0.15, 0.2) is 0 Å². The first kappa shape index (κ1) is 17.3. The Morgan fingerprint density at radius 2 is 2.15 bits per heavy atom. The van der Waals surface area contributed by atoms with E-state index in [0.717, 1.165) is 56.4 Å². The van der Waals surface area contributed by atoms with Crippen LogP contribution in [0.2, 0.25) is 0 Å². The van der Waals surface area contributed by atoms with E-state index in [1.54, 1.807) is 0 Å². The van der Waals surface area contributed by atoms with E-state index in [4.69, 9.17) is 4.74 Å². The Morgan fingerprint density at radius 3 is 2.96 bits per heavy atom. The summed E-state index contributed by atoms with van der Waals surface area (Å²) in [5.41, 5.74) is 4.25. The topological polar surface area (TPSA) is 54.1 Å². The van der Waals surface area contributed by atoms with E-state index in [-0.39, 0.29) is 5.97 Å². The molecule has 1 aliphatic carbocycles. The fraction of sp³-hybridized carbons (Fsp3) is 0.500. The molecule has 4 heteroatoms. The number of benzene rings is 1. The van der Waals surface area contributed by atoms with Crippen LogP contribution in [0.15, 0.2) is 35.9 Å². The third-order valence-corrected chi connectivity index (χ3v) is 6.18. The Bertz CT molecular complexity index is 851. The van der Waals surface area contributed by atoms with Crippen LogP contribution in [0.25, 0.3) is 10.9 Å². The maximum absolute atomic E-state index is 13.2. The van der Waals surface area contributed by atoms with E-state index < -0.39 is 5.41 Å². The maximum Gasteiger partial charge on any atom is 0.318 e. The van der Waals surface area contributed by atoms with Gasteiger partial charge < -0.3 is 15.0 Å². The summed E-state index contributed by atoms with van der Waals surface area (Å²) in [5, 5.41) is 4.82. The Morgan fingerprint density at radius 1 is 1.31 bits per heavy atom. The van der Waals surface area contributed by atoms with Gasteiger partial charge in [-0.05, 0) is 62.7 Å². The third-order valence-electron chi connectivity index (χ3n) is 6.18. The summed E-state index contributed by atoms with van der Waals surface area (Å²) in [7, 11) is 1.53. The van der Waals surface area contributed by atoms with E-state index >= 15 is 0 Å². The Kier molecular flexibility index (Phi) is 4.62. The van der Waals surface area contributed by atoms with Crippen molar-refractivity contribution in [2.45, 2.75) is 44.4 Å². The Hall–Kier alpha value is -2.07. The third kappa shape index (κ3) is 2.77. The van der Waals surface area contributed by atoms with Crippen molar-refractivity contribution >= 4 is 16.9 Å². The minimum absolute atomic E-state index is 0.0945. The van der Waals surface area contributed by atoms with E-state index in [9.17, 15) is 4.79 Å². The number of esters is 1. The SMILES string of the molecule is CCC1=CC2CCNCCc3c([nH]c4ccccc34)C(C(=O)OC)(C1)C2. The van der Waals surface area contributed by atoms with Gasteiger partial charge >= 0.3 is 5.97 Å². The summed E-state index contributed by atoms with van der Waals surface area (Å²) in [5.74, 6) is 0.311. The molecule has 2 unspecified atom stereocenters. The molecule has 1 aliphatic heterocycles. The molecule has 1 aromatic carbocycles. The molecule has 2 aliphatic rings. The second kappa shape index (κ2) is 6.92. The molecular formula is C22H28N2O2. The number of allylic oxidation sites excluding steroid dienone is 2. The number of methoxy groups -OCH3 is 1. The number of aromatic nitrogens is 1. The fourth-order valence-corrected chi connectivity index (χ4v) is 4.92. The molecule has 0 spiro atoms. The van der Waals surface area contributed by atoms with Crippen LogP contribution in [0.5, 0.6) is 0 Å². The maximum atomic E-state index is 13.2. The number of hydrogen-bond acceptors (Lipinski definition) is 3. The predicted octanol–water partition coefficient (Wildman–Crippen LogP) is 3.86. The molecule has 0 amide bonds. The van der Waals surface area contributed by atoms with Crippen LogP contribution in [0.3, 0.4) is 0 Å². The lowest BCUT2D eigenvalue weighted by Crippen LogP contribution is -2.43. The standard InChI is InChI=1S/C22H28N2O2/c1-3-15-12-16-8-10-23-11-9-18-17-6-4-5-7-19(17)24-20(18)22(13-15,14-16)21(25)26-2/h4-7,12,16,23-24H,3,8-11,13-14H2,1-2H3. The first-order valence-corrected chi connectivity index (χ1v) is 9.76. The highest BCUT2D eigenvalue weighted by Gasteiger charge is 2.48. The van der Waals surface area contributed by atoms with Gasteiger partial charge in [-0.3, -0.25) is 4.79 Å². The van der Waals surface area contributed by atoms with Gasteiger partial charge in [0.05, 0.1) is 7.11 Å². The molecule has 138 valence electrons. The number of H-pyrrole nitrogens is 1. The van der Waals surface area contributed by atoms with Crippen LogP contribution in [-0.2, 0) is 21.4 Å². The largest absolute Gasteiger partial charge is 0.468 e. The molecule has 26 heavy (non-hydrogen) atoms. The van der Waals surface area contributed by atoms with Gasteiger partial charge in [0.2, 0.25) is 0 Å².